The zero-order chi connectivity index (χ0) is 14.3. The summed E-state index contributed by atoms with van der Waals surface area (Å²) in [7, 11) is 0. The summed E-state index contributed by atoms with van der Waals surface area (Å²) in [5.74, 6) is 1.53. The summed E-state index contributed by atoms with van der Waals surface area (Å²) in [5, 5.41) is 0.00390. The molecule has 0 fully saturated rings. The predicted octanol–water partition coefficient (Wildman–Crippen LogP) is 5.72. The standard InChI is InChI=1S/C15H22BrClO2/c1-4-7-8-13(17)11-9-14(18-5-2)15(19-6-3)10-12(11)16/h9-10,13H,4-8H2,1-3H3. The van der Waals surface area contributed by atoms with Crippen molar-refractivity contribution in [1.82, 2.24) is 0 Å². The van der Waals surface area contributed by atoms with E-state index in [-0.39, 0.29) is 5.38 Å². The lowest BCUT2D eigenvalue weighted by molar-refractivity contribution is 0.287. The minimum atomic E-state index is 0.00390. The molecular formula is C15H22BrClO2. The van der Waals surface area contributed by atoms with E-state index < -0.39 is 0 Å². The van der Waals surface area contributed by atoms with E-state index in [0.717, 1.165) is 40.8 Å². The molecule has 0 saturated carbocycles. The molecule has 0 radical (unpaired) electrons. The lowest BCUT2D eigenvalue weighted by Crippen LogP contribution is -2.01. The summed E-state index contributed by atoms with van der Waals surface area (Å²) >= 11 is 10.0. The first-order valence-corrected chi connectivity index (χ1v) is 8.10. The van der Waals surface area contributed by atoms with Gasteiger partial charge >= 0.3 is 0 Å². The highest BCUT2D eigenvalue weighted by Crippen LogP contribution is 2.40. The van der Waals surface area contributed by atoms with Crippen molar-refractivity contribution in [3.8, 4) is 11.5 Å². The van der Waals surface area contributed by atoms with Gasteiger partial charge in [-0.05, 0) is 38.0 Å². The van der Waals surface area contributed by atoms with Crippen molar-refractivity contribution >= 4 is 27.5 Å². The van der Waals surface area contributed by atoms with Gasteiger partial charge in [-0.15, -0.1) is 11.6 Å². The predicted molar refractivity (Wildman–Crippen MR) is 84.6 cm³/mol. The summed E-state index contributed by atoms with van der Waals surface area (Å²) in [6, 6.07) is 3.94. The fraction of sp³-hybridized carbons (Fsp3) is 0.600. The Bertz CT molecular complexity index is 396. The molecule has 1 rings (SSSR count). The van der Waals surface area contributed by atoms with Crippen LogP contribution in [0, 0.1) is 0 Å². The molecule has 0 aliphatic carbocycles. The first kappa shape index (κ1) is 16.6. The molecule has 0 N–H and O–H groups in total. The lowest BCUT2D eigenvalue weighted by atomic mass is 10.1. The van der Waals surface area contributed by atoms with Gasteiger partial charge in [0.25, 0.3) is 0 Å². The van der Waals surface area contributed by atoms with Crippen molar-refractivity contribution in [3.63, 3.8) is 0 Å². The summed E-state index contributed by atoms with van der Waals surface area (Å²) < 4.78 is 12.2. The number of rotatable bonds is 8. The van der Waals surface area contributed by atoms with Crippen LogP contribution in [-0.4, -0.2) is 13.2 Å². The Morgan fingerprint density at radius 2 is 1.68 bits per heavy atom. The van der Waals surface area contributed by atoms with E-state index in [0.29, 0.717) is 13.2 Å². The summed E-state index contributed by atoms with van der Waals surface area (Å²) in [6.07, 6.45) is 3.24. The van der Waals surface area contributed by atoms with Gasteiger partial charge < -0.3 is 9.47 Å². The molecule has 108 valence electrons. The largest absolute Gasteiger partial charge is 0.490 e. The van der Waals surface area contributed by atoms with Crippen LogP contribution in [0.2, 0.25) is 0 Å². The Hall–Kier alpha value is -0.410. The molecule has 0 bridgehead atoms. The molecule has 0 aliphatic rings. The number of ether oxygens (including phenoxy) is 2. The van der Waals surface area contributed by atoms with E-state index in [1.54, 1.807) is 0 Å². The van der Waals surface area contributed by atoms with Crippen LogP contribution < -0.4 is 9.47 Å². The lowest BCUT2D eigenvalue weighted by Gasteiger charge is -2.17. The molecule has 1 aromatic rings. The zero-order valence-corrected chi connectivity index (χ0v) is 14.2. The third-order valence-corrected chi connectivity index (χ3v) is 3.95. The molecule has 0 aliphatic heterocycles. The van der Waals surface area contributed by atoms with Gasteiger partial charge in [0, 0.05) is 4.47 Å². The molecular weight excluding hydrogens is 328 g/mol. The van der Waals surface area contributed by atoms with Crippen molar-refractivity contribution < 1.29 is 9.47 Å². The van der Waals surface area contributed by atoms with Crippen LogP contribution in [0.3, 0.4) is 0 Å². The van der Waals surface area contributed by atoms with Crippen LogP contribution in [0.4, 0.5) is 0 Å². The summed E-state index contributed by atoms with van der Waals surface area (Å²) in [4.78, 5) is 0. The van der Waals surface area contributed by atoms with E-state index in [4.69, 9.17) is 21.1 Å². The fourth-order valence-corrected chi connectivity index (χ4v) is 2.93. The highest BCUT2D eigenvalue weighted by molar-refractivity contribution is 9.10. The average Bonchev–Trinajstić information content (AvgIpc) is 2.39. The summed E-state index contributed by atoms with van der Waals surface area (Å²) in [6.45, 7) is 7.33. The molecule has 2 nitrogen and oxygen atoms in total. The van der Waals surface area contributed by atoms with Gasteiger partial charge in [-0.1, -0.05) is 35.7 Å². The molecule has 0 heterocycles. The van der Waals surface area contributed by atoms with Gasteiger partial charge in [-0.25, -0.2) is 0 Å². The van der Waals surface area contributed by atoms with Crippen molar-refractivity contribution in [2.75, 3.05) is 13.2 Å². The molecule has 0 spiro atoms. The van der Waals surface area contributed by atoms with Crippen molar-refractivity contribution in [1.29, 1.82) is 0 Å². The Balaban J connectivity index is 3.01. The maximum Gasteiger partial charge on any atom is 0.162 e. The van der Waals surface area contributed by atoms with E-state index in [2.05, 4.69) is 22.9 Å². The van der Waals surface area contributed by atoms with Gasteiger partial charge in [0.05, 0.1) is 18.6 Å². The van der Waals surface area contributed by atoms with Gasteiger partial charge in [0.1, 0.15) is 0 Å². The van der Waals surface area contributed by atoms with Crippen molar-refractivity contribution in [2.45, 2.75) is 45.4 Å². The topological polar surface area (TPSA) is 18.5 Å². The molecule has 19 heavy (non-hydrogen) atoms. The molecule has 1 aromatic carbocycles. The first-order valence-electron chi connectivity index (χ1n) is 6.87. The minimum absolute atomic E-state index is 0.00390. The maximum absolute atomic E-state index is 6.47. The van der Waals surface area contributed by atoms with E-state index >= 15 is 0 Å². The Labute approximate surface area is 129 Å². The van der Waals surface area contributed by atoms with Crippen LogP contribution in [0.25, 0.3) is 0 Å². The second-order valence-electron chi connectivity index (χ2n) is 4.30. The number of benzene rings is 1. The summed E-state index contributed by atoms with van der Waals surface area (Å²) in [5.41, 5.74) is 1.07. The number of hydrogen-bond donors (Lipinski definition) is 0. The second-order valence-corrected chi connectivity index (χ2v) is 5.68. The smallest absolute Gasteiger partial charge is 0.162 e. The number of unbranched alkanes of at least 4 members (excludes halogenated alkanes) is 1. The van der Waals surface area contributed by atoms with Gasteiger partial charge in [-0.2, -0.15) is 0 Å². The fourth-order valence-electron chi connectivity index (χ4n) is 1.87. The van der Waals surface area contributed by atoms with Crippen LogP contribution in [0.1, 0.15) is 51.0 Å². The zero-order valence-electron chi connectivity index (χ0n) is 11.8. The molecule has 1 unspecified atom stereocenters. The first-order chi connectivity index (χ1) is 9.13. The van der Waals surface area contributed by atoms with Gasteiger partial charge in [0.15, 0.2) is 11.5 Å². The maximum atomic E-state index is 6.47. The molecule has 0 aromatic heterocycles. The highest BCUT2D eigenvalue weighted by Gasteiger charge is 2.16. The normalized spacial score (nSPS) is 12.3. The van der Waals surface area contributed by atoms with E-state index in [1.165, 1.54) is 0 Å². The Morgan fingerprint density at radius 3 is 2.21 bits per heavy atom. The number of hydrogen-bond acceptors (Lipinski definition) is 2. The number of halogens is 2. The SMILES string of the molecule is CCCCC(Cl)c1cc(OCC)c(OCC)cc1Br. The molecule has 0 saturated heterocycles. The monoisotopic (exact) mass is 348 g/mol. The van der Waals surface area contributed by atoms with Crippen LogP contribution in [0.5, 0.6) is 11.5 Å². The van der Waals surface area contributed by atoms with Crippen LogP contribution in [0.15, 0.2) is 16.6 Å². The van der Waals surface area contributed by atoms with Gasteiger partial charge in [-0.3, -0.25) is 0 Å². The quantitative estimate of drug-likeness (QED) is 0.559. The third kappa shape index (κ3) is 4.88. The van der Waals surface area contributed by atoms with E-state index in [9.17, 15) is 0 Å². The average molecular weight is 350 g/mol. The van der Waals surface area contributed by atoms with Gasteiger partial charge in [0.2, 0.25) is 0 Å². The van der Waals surface area contributed by atoms with Crippen molar-refractivity contribution in [3.05, 3.63) is 22.2 Å². The molecule has 0 amide bonds. The Kier molecular flexibility index (Phi) is 7.62. The van der Waals surface area contributed by atoms with Crippen LogP contribution in [-0.2, 0) is 0 Å². The molecule has 1 atom stereocenters. The third-order valence-electron chi connectivity index (χ3n) is 2.81. The molecule has 4 heteroatoms. The highest BCUT2D eigenvalue weighted by atomic mass is 79.9. The Morgan fingerprint density at radius 1 is 1.11 bits per heavy atom. The van der Waals surface area contributed by atoms with Crippen molar-refractivity contribution in [2.24, 2.45) is 0 Å². The van der Waals surface area contributed by atoms with E-state index in [1.807, 2.05) is 26.0 Å². The number of alkyl halides is 1. The second kappa shape index (κ2) is 8.70. The van der Waals surface area contributed by atoms with Crippen LogP contribution >= 0.6 is 27.5 Å². The minimum Gasteiger partial charge on any atom is -0.490 e.